The topological polar surface area (TPSA) is 45.7 Å². The number of halogens is 4. The molecule has 29 heavy (non-hydrogen) atoms. The maximum Gasteiger partial charge on any atom is 0.263 e. The van der Waals surface area contributed by atoms with Crippen LogP contribution in [-0.4, -0.2) is 50.1 Å². The van der Waals surface area contributed by atoms with Crippen molar-refractivity contribution in [3.05, 3.63) is 52.6 Å². The van der Waals surface area contributed by atoms with E-state index in [4.69, 9.17) is 16.3 Å². The van der Waals surface area contributed by atoms with Crippen molar-refractivity contribution in [2.75, 3.05) is 39.2 Å². The number of thiazole rings is 1. The highest BCUT2D eigenvalue weighted by Crippen LogP contribution is 2.33. The van der Waals surface area contributed by atoms with Gasteiger partial charge in [-0.1, -0.05) is 22.9 Å². The number of carbonyl (C=O) groups is 1. The van der Waals surface area contributed by atoms with Crippen LogP contribution in [0.25, 0.3) is 10.2 Å². The minimum Gasteiger partial charge on any atom is -0.496 e. The molecular formula is C19H19Cl2F2N3O2S. The van der Waals surface area contributed by atoms with Gasteiger partial charge in [-0.2, -0.15) is 0 Å². The molecule has 10 heteroatoms. The average Bonchev–Trinajstić information content (AvgIpc) is 3.05. The molecule has 1 aromatic heterocycles. The summed E-state index contributed by atoms with van der Waals surface area (Å²) in [6.07, 6.45) is 0. The van der Waals surface area contributed by atoms with E-state index in [1.165, 1.54) is 24.1 Å². The molecule has 0 aliphatic rings. The molecule has 0 N–H and O–H groups in total. The fourth-order valence-electron chi connectivity index (χ4n) is 2.64. The van der Waals surface area contributed by atoms with Crippen LogP contribution in [-0.2, 0) is 0 Å². The molecule has 0 saturated carbocycles. The minimum atomic E-state index is -0.766. The molecule has 0 aliphatic heterocycles. The van der Waals surface area contributed by atoms with Crippen LogP contribution in [0.5, 0.6) is 5.75 Å². The van der Waals surface area contributed by atoms with Crippen molar-refractivity contribution >= 4 is 56.6 Å². The summed E-state index contributed by atoms with van der Waals surface area (Å²) in [5.74, 6) is -1.48. The standard InChI is InChI=1S/C19H18ClF2N3O2S.ClH/c1-24(2)6-7-25(18(26)13-8-11(20)4-5-15(13)27-3)19-23-17-14(22)9-12(21)10-16(17)28-19;/h4-5,8-10H,6-7H2,1-3H3;1H. The van der Waals surface area contributed by atoms with E-state index >= 15 is 0 Å². The van der Waals surface area contributed by atoms with Crippen LogP contribution in [0.2, 0.25) is 5.02 Å². The summed E-state index contributed by atoms with van der Waals surface area (Å²) in [5.41, 5.74) is 0.293. The van der Waals surface area contributed by atoms with E-state index in [-0.39, 0.29) is 34.5 Å². The van der Waals surface area contributed by atoms with E-state index in [9.17, 15) is 13.6 Å². The molecule has 2 aromatic carbocycles. The Labute approximate surface area is 182 Å². The Kier molecular flexibility index (Phi) is 7.76. The molecule has 0 spiro atoms. The lowest BCUT2D eigenvalue weighted by Gasteiger charge is -2.23. The minimum absolute atomic E-state index is 0. The highest BCUT2D eigenvalue weighted by atomic mass is 35.5. The number of likely N-dealkylation sites (N-methyl/N-ethyl adjacent to an activating group) is 1. The first-order chi connectivity index (χ1) is 13.3. The lowest BCUT2D eigenvalue weighted by atomic mass is 10.1. The van der Waals surface area contributed by atoms with Gasteiger partial charge in [-0.3, -0.25) is 9.69 Å². The zero-order valence-electron chi connectivity index (χ0n) is 15.9. The van der Waals surface area contributed by atoms with E-state index in [2.05, 4.69) is 4.98 Å². The molecule has 3 rings (SSSR count). The highest BCUT2D eigenvalue weighted by molar-refractivity contribution is 7.22. The van der Waals surface area contributed by atoms with Crippen LogP contribution in [0.15, 0.2) is 30.3 Å². The van der Waals surface area contributed by atoms with Crippen molar-refractivity contribution in [1.29, 1.82) is 0 Å². The molecule has 0 fully saturated rings. The van der Waals surface area contributed by atoms with Crippen LogP contribution in [0, 0.1) is 11.6 Å². The molecule has 0 bridgehead atoms. The number of aromatic nitrogens is 1. The lowest BCUT2D eigenvalue weighted by Crippen LogP contribution is -2.37. The third-order valence-corrected chi connectivity index (χ3v) is 5.30. The summed E-state index contributed by atoms with van der Waals surface area (Å²) in [6.45, 7) is 0.840. The van der Waals surface area contributed by atoms with Crippen molar-refractivity contribution in [3.8, 4) is 5.75 Å². The second-order valence-corrected chi connectivity index (χ2v) is 7.78. The maximum atomic E-state index is 14.1. The van der Waals surface area contributed by atoms with Gasteiger partial charge in [-0.05, 0) is 38.4 Å². The quantitative estimate of drug-likeness (QED) is 0.525. The normalized spacial score (nSPS) is 10.9. The van der Waals surface area contributed by atoms with Gasteiger partial charge in [0, 0.05) is 24.2 Å². The molecule has 5 nitrogen and oxygen atoms in total. The van der Waals surface area contributed by atoms with Crippen molar-refractivity contribution < 1.29 is 18.3 Å². The number of anilines is 1. The fourth-order valence-corrected chi connectivity index (χ4v) is 3.84. The number of hydrogen-bond acceptors (Lipinski definition) is 5. The highest BCUT2D eigenvalue weighted by Gasteiger charge is 2.25. The van der Waals surface area contributed by atoms with Gasteiger partial charge >= 0.3 is 0 Å². The number of methoxy groups -OCH3 is 1. The average molecular weight is 462 g/mol. The van der Waals surface area contributed by atoms with Crippen molar-refractivity contribution in [2.45, 2.75) is 0 Å². The van der Waals surface area contributed by atoms with Crippen LogP contribution in [0.4, 0.5) is 13.9 Å². The first-order valence-electron chi connectivity index (χ1n) is 8.36. The van der Waals surface area contributed by atoms with E-state index in [1.807, 2.05) is 19.0 Å². The molecule has 156 valence electrons. The second kappa shape index (κ2) is 9.67. The lowest BCUT2D eigenvalue weighted by molar-refractivity contribution is 0.0982. The number of fused-ring (bicyclic) bond motifs is 1. The van der Waals surface area contributed by atoms with Gasteiger partial charge in [0.2, 0.25) is 0 Å². The first-order valence-corrected chi connectivity index (χ1v) is 9.55. The van der Waals surface area contributed by atoms with Gasteiger partial charge in [-0.25, -0.2) is 13.8 Å². The first kappa shape index (κ1) is 23.3. The smallest absolute Gasteiger partial charge is 0.263 e. The molecule has 0 aliphatic carbocycles. The largest absolute Gasteiger partial charge is 0.496 e. The van der Waals surface area contributed by atoms with Gasteiger partial charge in [0.1, 0.15) is 17.1 Å². The number of ether oxygens (including phenoxy) is 1. The summed E-state index contributed by atoms with van der Waals surface area (Å²) in [7, 11) is 5.20. The van der Waals surface area contributed by atoms with Gasteiger partial charge in [0.05, 0.1) is 17.4 Å². The monoisotopic (exact) mass is 461 g/mol. The van der Waals surface area contributed by atoms with Crippen molar-refractivity contribution in [3.63, 3.8) is 0 Å². The summed E-state index contributed by atoms with van der Waals surface area (Å²) in [4.78, 5) is 20.9. The van der Waals surface area contributed by atoms with Gasteiger partial charge in [0.15, 0.2) is 10.9 Å². The van der Waals surface area contributed by atoms with Crippen molar-refractivity contribution in [1.82, 2.24) is 9.88 Å². The molecule has 1 heterocycles. The number of hydrogen-bond donors (Lipinski definition) is 0. The Morgan fingerprint density at radius 1 is 1.21 bits per heavy atom. The zero-order chi connectivity index (χ0) is 20.4. The number of benzene rings is 2. The van der Waals surface area contributed by atoms with E-state index in [0.29, 0.717) is 28.6 Å². The Morgan fingerprint density at radius 2 is 1.93 bits per heavy atom. The molecule has 3 aromatic rings. The number of nitrogens with zero attached hydrogens (tertiary/aromatic N) is 3. The van der Waals surface area contributed by atoms with Crippen LogP contribution < -0.4 is 9.64 Å². The predicted octanol–water partition coefficient (Wildman–Crippen LogP) is 4.87. The van der Waals surface area contributed by atoms with E-state index in [0.717, 1.165) is 17.4 Å². The molecule has 0 radical (unpaired) electrons. The molecule has 0 atom stereocenters. The summed E-state index contributed by atoms with van der Waals surface area (Å²) < 4.78 is 33.2. The Bertz CT molecular complexity index is 1030. The Balaban J connectivity index is 0.00000300. The van der Waals surface area contributed by atoms with Crippen molar-refractivity contribution in [2.24, 2.45) is 0 Å². The molecule has 1 amide bonds. The van der Waals surface area contributed by atoms with Gasteiger partial charge in [0.25, 0.3) is 5.91 Å². The second-order valence-electron chi connectivity index (χ2n) is 6.34. The number of rotatable bonds is 6. The van der Waals surface area contributed by atoms with Gasteiger partial charge in [-0.15, -0.1) is 12.4 Å². The summed E-state index contributed by atoms with van der Waals surface area (Å²) in [6, 6.07) is 6.72. The third-order valence-electron chi connectivity index (χ3n) is 4.04. The molecule has 0 unspecified atom stereocenters. The van der Waals surface area contributed by atoms with Crippen LogP contribution in [0.1, 0.15) is 10.4 Å². The Morgan fingerprint density at radius 3 is 2.59 bits per heavy atom. The molecular weight excluding hydrogens is 443 g/mol. The zero-order valence-corrected chi connectivity index (χ0v) is 18.3. The van der Waals surface area contributed by atoms with Crippen LogP contribution >= 0.6 is 35.3 Å². The number of amides is 1. The SMILES string of the molecule is COc1ccc(Cl)cc1C(=O)N(CCN(C)C)c1nc2c(F)cc(F)cc2s1.Cl. The summed E-state index contributed by atoms with van der Waals surface area (Å²) >= 11 is 7.11. The van der Waals surface area contributed by atoms with E-state index in [1.54, 1.807) is 12.1 Å². The summed E-state index contributed by atoms with van der Waals surface area (Å²) in [5, 5.41) is 0.655. The van der Waals surface area contributed by atoms with Crippen LogP contribution in [0.3, 0.4) is 0 Å². The number of carbonyl (C=O) groups excluding carboxylic acids is 1. The maximum absolute atomic E-state index is 14.1. The van der Waals surface area contributed by atoms with E-state index < -0.39 is 11.6 Å². The predicted molar refractivity (Wildman–Crippen MR) is 115 cm³/mol. The molecule has 0 saturated heterocycles. The Hall–Kier alpha value is -2.00. The fraction of sp³-hybridized carbons (Fsp3) is 0.263. The third kappa shape index (κ3) is 5.14. The van der Waals surface area contributed by atoms with Gasteiger partial charge < -0.3 is 9.64 Å².